The summed E-state index contributed by atoms with van der Waals surface area (Å²) in [6, 6.07) is 0. The smallest absolute Gasteiger partial charge is 0.330 e. The molecule has 1 rings (SSSR count). The number of rotatable bonds is 6. The van der Waals surface area contributed by atoms with Gasteiger partial charge < -0.3 is 14.6 Å². The second kappa shape index (κ2) is 7.47. The van der Waals surface area contributed by atoms with Crippen LogP contribution in [0.3, 0.4) is 0 Å². The molecule has 0 saturated carbocycles. The van der Waals surface area contributed by atoms with Gasteiger partial charge in [-0.15, -0.1) is 0 Å². The fourth-order valence-electron chi connectivity index (χ4n) is 2.11. The summed E-state index contributed by atoms with van der Waals surface area (Å²) >= 11 is 0. The van der Waals surface area contributed by atoms with Gasteiger partial charge in [-0.2, -0.15) is 0 Å². The zero-order valence-electron chi connectivity index (χ0n) is 11.3. The molecule has 0 aromatic rings. The Morgan fingerprint density at radius 3 is 2.60 bits per heavy atom. The highest BCUT2D eigenvalue weighted by Gasteiger charge is 2.38. The molecule has 3 atom stereocenters. The summed E-state index contributed by atoms with van der Waals surface area (Å²) in [6.07, 6.45) is 4.93. The fourth-order valence-corrected chi connectivity index (χ4v) is 2.11. The maximum absolute atomic E-state index is 12.0. The first-order chi connectivity index (χ1) is 9.47. The molecular formula is C14H18O6. The Morgan fingerprint density at radius 1 is 1.35 bits per heavy atom. The molecule has 0 aromatic carbocycles. The summed E-state index contributed by atoms with van der Waals surface area (Å²) in [5.74, 6) is -3.92. The third kappa shape index (κ3) is 4.22. The summed E-state index contributed by atoms with van der Waals surface area (Å²) in [6.45, 7) is 4.86. The Morgan fingerprint density at radius 2 is 2.00 bits per heavy atom. The normalized spacial score (nSPS) is 24.8. The van der Waals surface area contributed by atoms with Gasteiger partial charge in [0.15, 0.2) is 0 Å². The molecule has 6 nitrogen and oxygen atoms in total. The third-order valence-electron chi connectivity index (χ3n) is 3.15. The standard InChI is InChI=1S/C14H18O6/c1-3-11(15)19-7-8-20-14(18)12-9(2)5-4-6-10(12)13(16)17/h3-4,6,9-10,12H,1,5,7-8H2,2H3,(H,16,17). The molecule has 6 heteroatoms. The van der Waals surface area contributed by atoms with Crippen LogP contribution in [0.2, 0.25) is 0 Å². The number of carboxylic acid groups (broad SMARTS) is 1. The largest absolute Gasteiger partial charge is 0.481 e. The van der Waals surface area contributed by atoms with Crippen molar-refractivity contribution >= 4 is 17.9 Å². The lowest BCUT2D eigenvalue weighted by Gasteiger charge is -2.28. The Hall–Kier alpha value is -2.11. The zero-order valence-corrected chi connectivity index (χ0v) is 11.3. The van der Waals surface area contributed by atoms with Crippen LogP contribution in [-0.4, -0.2) is 36.2 Å². The van der Waals surface area contributed by atoms with Gasteiger partial charge in [0, 0.05) is 6.08 Å². The van der Waals surface area contributed by atoms with Crippen molar-refractivity contribution in [2.24, 2.45) is 17.8 Å². The Kier molecular flexibility index (Phi) is 5.96. The predicted molar refractivity (Wildman–Crippen MR) is 69.7 cm³/mol. The number of carbonyl (C=O) groups is 3. The molecule has 0 heterocycles. The quantitative estimate of drug-likeness (QED) is 0.340. The SMILES string of the molecule is C=CC(=O)OCCOC(=O)C1C(C)CC=CC1C(=O)O. The van der Waals surface area contributed by atoms with Gasteiger partial charge in [0.2, 0.25) is 0 Å². The second-order valence-corrected chi connectivity index (χ2v) is 4.57. The summed E-state index contributed by atoms with van der Waals surface area (Å²) in [7, 11) is 0. The van der Waals surface area contributed by atoms with Gasteiger partial charge in [-0.3, -0.25) is 9.59 Å². The number of hydrogen-bond donors (Lipinski definition) is 1. The average molecular weight is 282 g/mol. The van der Waals surface area contributed by atoms with Crippen LogP contribution in [0.4, 0.5) is 0 Å². The van der Waals surface area contributed by atoms with Crippen LogP contribution in [0, 0.1) is 17.8 Å². The van der Waals surface area contributed by atoms with Gasteiger partial charge in [-0.1, -0.05) is 25.7 Å². The minimum Gasteiger partial charge on any atom is -0.481 e. The maximum Gasteiger partial charge on any atom is 0.330 e. The van der Waals surface area contributed by atoms with E-state index in [9.17, 15) is 14.4 Å². The van der Waals surface area contributed by atoms with E-state index < -0.39 is 29.7 Å². The van der Waals surface area contributed by atoms with E-state index in [2.05, 4.69) is 11.3 Å². The molecule has 0 aromatic heterocycles. The van der Waals surface area contributed by atoms with Gasteiger partial charge in [0.1, 0.15) is 13.2 Å². The second-order valence-electron chi connectivity index (χ2n) is 4.57. The van der Waals surface area contributed by atoms with Crippen molar-refractivity contribution in [2.75, 3.05) is 13.2 Å². The zero-order chi connectivity index (χ0) is 15.1. The first kappa shape index (κ1) is 15.9. The van der Waals surface area contributed by atoms with Crippen molar-refractivity contribution in [3.8, 4) is 0 Å². The van der Waals surface area contributed by atoms with Crippen molar-refractivity contribution in [2.45, 2.75) is 13.3 Å². The van der Waals surface area contributed by atoms with Crippen LogP contribution in [0.5, 0.6) is 0 Å². The Labute approximate surface area is 117 Å². The van der Waals surface area contributed by atoms with Crippen molar-refractivity contribution in [1.82, 2.24) is 0 Å². The van der Waals surface area contributed by atoms with Gasteiger partial charge in [0.25, 0.3) is 0 Å². The maximum atomic E-state index is 12.0. The summed E-state index contributed by atoms with van der Waals surface area (Å²) in [4.78, 5) is 33.9. The first-order valence-electron chi connectivity index (χ1n) is 6.32. The topological polar surface area (TPSA) is 89.9 Å². The third-order valence-corrected chi connectivity index (χ3v) is 3.15. The highest BCUT2D eigenvalue weighted by molar-refractivity contribution is 5.83. The van der Waals surface area contributed by atoms with Gasteiger partial charge in [-0.05, 0) is 12.3 Å². The molecule has 0 spiro atoms. The molecule has 0 aliphatic heterocycles. The lowest BCUT2D eigenvalue weighted by atomic mass is 9.77. The number of carbonyl (C=O) groups excluding carboxylic acids is 2. The van der Waals surface area contributed by atoms with Crippen LogP contribution in [-0.2, 0) is 23.9 Å². The van der Waals surface area contributed by atoms with E-state index in [1.165, 1.54) is 6.08 Å². The van der Waals surface area contributed by atoms with Crippen molar-refractivity contribution in [3.05, 3.63) is 24.8 Å². The van der Waals surface area contributed by atoms with Crippen LogP contribution >= 0.6 is 0 Å². The highest BCUT2D eigenvalue weighted by Crippen LogP contribution is 2.31. The van der Waals surface area contributed by atoms with Crippen LogP contribution in [0.15, 0.2) is 24.8 Å². The van der Waals surface area contributed by atoms with Gasteiger partial charge in [0.05, 0.1) is 11.8 Å². The predicted octanol–water partition coefficient (Wildman–Crippen LogP) is 1.17. The minimum absolute atomic E-state index is 0.0781. The van der Waals surface area contributed by atoms with Crippen molar-refractivity contribution in [3.63, 3.8) is 0 Å². The van der Waals surface area contributed by atoms with Gasteiger partial charge in [-0.25, -0.2) is 4.79 Å². The minimum atomic E-state index is -1.05. The number of carboxylic acids is 1. The van der Waals surface area contributed by atoms with Crippen LogP contribution in [0.25, 0.3) is 0 Å². The molecule has 0 fully saturated rings. The van der Waals surface area contributed by atoms with Crippen molar-refractivity contribution in [1.29, 1.82) is 0 Å². The molecule has 1 aliphatic carbocycles. The number of ether oxygens (including phenoxy) is 2. The fraction of sp³-hybridized carbons (Fsp3) is 0.500. The average Bonchev–Trinajstić information content (AvgIpc) is 2.42. The molecule has 1 aliphatic rings. The van der Waals surface area contributed by atoms with E-state index in [0.29, 0.717) is 6.42 Å². The van der Waals surface area contributed by atoms with E-state index in [-0.39, 0.29) is 19.1 Å². The molecule has 0 saturated heterocycles. The summed E-state index contributed by atoms with van der Waals surface area (Å²) in [5.41, 5.74) is 0. The van der Waals surface area contributed by atoms with Crippen LogP contribution < -0.4 is 0 Å². The molecular weight excluding hydrogens is 264 g/mol. The van der Waals surface area contributed by atoms with E-state index in [1.807, 2.05) is 6.92 Å². The Bertz CT molecular complexity index is 425. The van der Waals surface area contributed by atoms with E-state index in [4.69, 9.17) is 9.84 Å². The van der Waals surface area contributed by atoms with Crippen LogP contribution in [0.1, 0.15) is 13.3 Å². The monoisotopic (exact) mass is 282 g/mol. The lowest BCUT2D eigenvalue weighted by Crippen LogP contribution is -2.37. The number of allylic oxidation sites excluding steroid dienone is 1. The molecule has 110 valence electrons. The number of aliphatic carboxylic acids is 1. The summed E-state index contributed by atoms with van der Waals surface area (Å²) < 4.78 is 9.65. The van der Waals surface area contributed by atoms with E-state index >= 15 is 0 Å². The number of hydrogen-bond acceptors (Lipinski definition) is 5. The highest BCUT2D eigenvalue weighted by atomic mass is 16.6. The molecule has 1 N–H and O–H groups in total. The molecule has 0 amide bonds. The lowest BCUT2D eigenvalue weighted by molar-refractivity contribution is -0.161. The molecule has 0 bridgehead atoms. The van der Waals surface area contributed by atoms with E-state index in [1.54, 1.807) is 6.08 Å². The number of esters is 2. The Balaban J connectivity index is 2.51. The van der Waals surface area contributed by atoms with Gasteiger partial charge >= 0.3 is 17.9 Å². The first-order valence-corrected chi connectivity index (χ1v) is 6.32. The molecule has 0 radical (unpaired) electrons. The van der Waals surface area contributed by atoms with Crippen molar-refractivity contribution < 1.29 is 29.0 Å². The molecule has 3 unspecified atom stereocenters. The molecule has 20 heavy (non-hydrogen) atoms. The summed E-state index contributed by atoms with van der Waals surface area (Å²) in [5, 5.41) is 9.11. The van der Waals surface area contributed by atoms with E-state index in [0.717, 1.165) is 6.08 Å².